The summed E-state index contributed by atoms with van der Waals surface area (Å²) in [5.41, 5.74) is 6.88. The van der Waals surface area contributed by atoms with Crippen LogP contribution in [0.1, 0.15) is 47.1 Å². The van der Waals surface area contributed by atoms with Gasteiger partial charge < -0.3 is 9.88 Å². The first kappa shape index (κ1) is 13.4. The summed E-state index contributed by atoms with van der Waals surface area (Å²) < 4.78 is 4.29. The maximum Gasteiger partial charge on any atom is 0.0540 e. The van der Waals surface area contributed by atoms with Crippen molar-refractivity contribution in [2.24, 2.45) is 14.1 Å². The maximum atomic E-state index is 4.41. The van der Waals surface area contributed by atoms with Crippen LogP contribution >= 0.6 is 0 Å². The highest BCUT2D eigenvalue weighted by atomic mass is 15.3. The third-order valence-electron chi connectivity index (χ3n) is 4.79. The Kier molecular flexibility index (Phi) is 3.42. The molecule has 4 heteroatoms. The van der Waals surface area contributed by atoms with Gasteiger partial charge >= 0.3 is 0 Å². The molecule has 0 radical (unpaired) electrons. The molecule has 1 aliphatic carbocycles. The average molecular weight is 272 g/mol. The molecule has 0 saturated heterocycles. The van der Waals surface area contributed by atoms with E-state index >= 15 is 0 Å². The Bertz CT molecular complexity index is 621. The van der Waals surface area contributed by atoms with E-state index in [1.165, 1.54) is 41.1 Å². The van der Waals surface area contributed by atoms with E-state index in [4.69, 9.17) is 0 Å². The monoisotopic (exact) mass is 272 g/mol. The van der Waals surface area contributed by atoms with E-state index in [0.717, 1.165) is 13.0 Å². The van der Waals surface area contributed by atoms with Crippen LogP contribution in [0.3, 0.4) is 0 Å². The van der Waals surface area contributed by atoms with Crippen LogP contribution in [0, 0.1) is 13.8 Å². The minimum atomic E-state index is 0.451. The second kappa shape index (κ2) is 5.09. The van der Waals surface area contributed by atoms with Crippen molar-refractivity contribution in [2.45, 2.75) is 45.7 Å². The van der Waals surface area contributed by atoms with E-state index in [1.54, 1.807) is 0 Å². The minimum absolute atomic E-state index is 0.451. The van der Waals surface area contributed by atoms with Crippen LogP contribution in [-0.2, 0) is 27.1 Å². The predicted molar refractivity (Wildman–Crippen MR) is 80.6 cm³/mol. The topological polar surface area (TPSA) is 34.8 Å². The lowest BCUT2D eigenvalue weighted by Crippen LogP contribution is -2.25. The fourth-order valence-electron chi connectivity index (χ4n) is 3.26. The summed E-state index contributed by atoms with van der Waals surface area (Å²) in [6, 6.07) is 2.74. The molecule has 3 rings (SSSR count). The van der Waals surface area contributed by atoms with E-state index in [2.05, 4.69) is 41.9 Å². The van der Waals surface area contributed by atoms with Crippen molar-refractivity contribution in [3.8, 4) is 0 Å². The highest BCUT2D eigenvalue weighted by Crippen LogP contribution is 2.29. The first-order chi connectivity index (χ1) is 9.58. The Hall–Kier alpha value is -1.55. The Morgan fingerprint density at radius 1 is 1.35 bits per heavy atom. The van der Waals surface area contributed by atoms with Crippen molar-refractivity contribution in [1.82, 2.24) is 19.7 Å². The van der Waals surface area contributed by atoms with E-state index in [0.29, 0.717) is 6.04 Å². The van der Waals surface area contributed by atoms with Gasteiger partial charge in [-0.2, -0.15) is 5.10 Å². The van der Waals surface area contributed by atoms with Crippen LogP contribution in [0.25, 0.3) is 0 Å². The number of aryl methyl sites for hydroxylation is 2. The van der Waals surface area contributed by atoms with Crippen LogP contribution in [0.5, 0.6) is 0 Å². The SMILES string of the molecule is Cc1cc(CNC2CCCc3c2cnn3C)c(C)n1C. The van der Waals surface area contributed by atoms with E-state index in [1.807, 2.05) is 17.9 Å². The Labute approximate surface area is 120 Å². The highest BCUT2D eigenvalue weighted by molar-refractivity contribution is 5.28. The molecule has 0 bridgehead atoms. The standard InChI is InChI=1S/C16H24N4/c1-11-8-13(12(2)19(11)3)9-17-15-6-5-7-16-14(15)10-18-20(16)4/h8,10,15,17H,5-7,9H2,1-4H3. The molecule has 0 aliphatic heterocycles. The molecule has 0 fully saturated rings. The first-order valence-corrected chi connectivity index (χ1v) is 7.44. The van der Waals surface area contributed by atoms with Gasteiger partial charge in [-0.25, -0.2) is 0 Å². The number of rotatable bonds is 3. The molecule has 0 saturated carbocycles. The summed E-state index contributed by atoms with van der Waals surface area (Å²) in [4.78, 5) is 0. The zero-order valence-electron chi connectivity index (χ0n) is 12.9. The van der Waals surface area contributed by atoms with Gasteiger partial charge in [0.1, 0.15) is 0 Å². The fourth-order valence-corrected chi connectivity index (χ4v) is 3.26. The molecule has 4 nitrogen and oxygen atoms in total. The zero-order valence-corrected chi connectivity index (χ0v) is 12.9. The lowest BCUT2D eigenvalue weighted by Gasteiger charge is -2.24. The fraction of sp³-hybridized carbons (Fsp3) is 0.562. The van der Waals surface area contributed by atoms with Gasteiger partial charge in [0.05, 0.1) is 6.20 Å². The van der Waals surface area contributed by atoms with E-state index < -0.39 is 0 Å². The van der Waals surface area contributed by atoms with Crippen LogP contribution < -0.4 is 5.32 Å². The van der Waals surface area contributed by atoms with Gasteiger partial charge in [-0.15, -0.1) is 0 Å². The van der Waals surface area contributed by atoms with Crippen LogP contribution in [0.15, 0.2) is 12.3 Å². The van der Waals surface area contributed by atoms with Gasteiger partial charge in [0.25, 0.3) is 0 Å². The molecule has 0 amide bonds. The number of aromatic nitrogens is 3. The number of nitrogens with zero attached hydrogens (tertiary/aromatic N) is 3. The summed E-state index contributed by atoms with van der Waals surface area (Å²) in [5, 5.41) is 8.13. The normalized spacial score (nSPS) is 18.3. The van der Waals surface area contributed by atoms with Crippen molar-refractivity contribution in [1.29, 1.82) is 0 Å². The summed E-state index contributed by atoms with van der Waals surface area (Å²) in [6.45, 7) is 5.29. The molecule has 2 aromatic heterocycles. The molecule has 1 aliphatic rings. The number of nitrogens with one attached hydrogen (secondary N) is 1. The van der Waals surface area contributed by atoms with E-state index in [9.17, 15) is 0 Å². The third-order valence-corrected chi connectivity index (χ3v) is 4.79. The van der Waals surface area contributed by atoms with Crippen molar-refractivity contribution >= 4 is 0 Å². The molecule has 2 heterocycles. The molecule has 2 aromatic rings. The Morgan fingerprint density at radius 2 is 2.15 bits per heavy atom. The molecule has 1 N–H and O–H groups in total. The second-order valence-corrected chi connectivity index (χ2v) is 5.95. The highest BCUT2D eigenvalue weighted by Gasteiger charge is 2.23. The lowest BCUT2D eigenvalue weighted by molar-refractivity contribution is 0.451. The molecule has 1 atom stereocenters. The zero-order chi connectivity index (χ0) is 14.3. The lowest BCUT2D eigenvalue weighted by atomic mass is 9.93. The molecule has 108 valence electrons. The smallest absolute Gasteiger partial charge is 0.0540 e. The third kappa shape index (κ3) is 2.18. The van der Waals surface area contributed by atoms with Crippen LogP contribution in [-0.4, -0.2) is 14.3 Å². The summed E-state index contributed by atoms with van der Waals surface area (Å²) >= 11 is 0. The number of hydrogen-bond acceptors (Lipinski definition) is 2. The van der Waals surface area contributed by atoms with Gasteiger partial charge in [-0.1, -0.05) is 0 Å². The van der Waals surface area contributed by atoms with Crippen LogP contribution in [0.4, 0.5) is 0 Å². The van der Waals surface area contributed by atoms with Gasteiger partial charge in [0.2, 0.25) is 0 Å². The Balaban J connectivity index is 1.75. The van der Waals surface area contributed by atoms with Gasteiger partial charge in [0, 0.05) is 49.3 Å². The molecule has 20 heavy (non-hydrogen) atoms. The largest absolute Gasteiger partial charge is 0.352 e. The van der Waals surface area contributed by atoms with Crippen molar-refractivity contribution in [3.63, 3.8) is 0 Å². The van der Waals surface area contributed by atoms with E-state index in [-0.39, 0.29) is 0 Å². The summed E-state index contributed by atoms with van der Waals surface area (Å²) in [6.07, 6.45) is 5.66. The quantitative estimate of drug-likeness (QED) is 0.932. The molecular formula is C16H24N4. The molecule has 0 aromatic carbocycles. The minimum Gasteiger partial charge on any atom is -0.352 e. The van der Waals surface area contributed by atoms with Gasteiger partial charge in [-0.3, -0.25) is 4.68 Å². The predicted octanol–water partition coefficient (Wildman–Crippen LogP) is 2.54. The number of hydrogen-bond donors (Lipinski definition) is 1. The molecular weight excluding hydrogens is 248 g/mol. The van der Waals surface area contributed by atoms with Crippen molar-refractivity contribution in [2.75, 3.05) is 0 Å². The second-order valence-electron chi connectivity index (χ2n) is 5.95. The average Bonchev–Trinajstić information content (AvgIpc) is 2.94. The summed E-state index contributed by atoms with van der Waals surface area (Å²) in [7, 11) is 4.18. The van der Waals surface area contributed by atoms with Gasteiger partial charge in [-0.05, 0) is 44.7 Å². The molecule has 0 spiro atoms. The summed E-state index contributed by atoms with van der Waals surface area (Å²) in [5.74, 6) is 0. The Morgan fingerprint density at radius 3 is 2.85 bits per heavy atom. The number of fused-ring (bicyclic) bond motifs is 1. The van der Waals surface area contributed by atoms with Gasteiger partial charge in [0.15, 0.2) is 0 Å². The maximum absolute atomic E-state index is 4.41. The molecule has 1 unspecified atom stereocenters. The van der Waals surface area contributed by atoms with Crippen LogP contribution in [0.2, 0.25) is 0 Å². The first-order valence-electron chi connectivity index (χ1n) is 7.44. The van der Waals surface area contributed by atoms with Crippen molar-refractivity contribution < 1.29 is 0 Å². The van der Waals surface area contributed by atoms with Crippen molar-refractivity contribution in [3.05, 3.63) is 40.5 Å².